The Bertz CT molecular complexity index is 762. The molecular weight excluding hydrogens is 306 g/mol. The minimum atomic E-state index is -0.702. The summed E-state index contributed by atoms with van der Waals surface area (Å²) in [4.78, 5) is 25.7. The Morgan fingerprint density at radius 1 is 1.26 bits per heavy atom. The maximum atomic E-state index is 12.2. The molecule has 1 aromatic carbocycles. The Morgan fingerprint density at radius 3 is 2.52 bits per heavy atom. The second-order valence-corrected chi connectivity index (χ2v) is 4.34. The van der Waals surface area contributed by atoms with Gasteiger partial charge in [-0.1, -0.05) is 0 Å². The van der Waals surface area contributed by atoms with Crippen molar-refractivity contribution in [3.8, 4) is 17.2 Å². The van der Waals surface area contributed by atoms with E-state index in [-0.39, 0.29) is 17.1 Å². The number of methoxy groups -OCH3 is 2. The Morgan fingerprint density at radius 2 is 1.96 bits per heavy atom. The SMILES string of the molecule is COc1ccc(C(=O)Nc2ncc([N+](=O)[O-])cc2O)cc1OC. The zero-order valence-corrected chi connectivity index (χ0v) is 12.3. The van der Waals surface area contributed by atoms with Crippen LogP contribution < -0.4 is 14.8 Å². The Kier molecular flexibility index (Phi) is 4.60. The van der Waals surface area contributed by atoms with Crippen molar-refractivity contribution < 1.29 is 24.3 Å². The van der Waals surface area contributed by atoms with Crippen LogP contribution in [0.15, 0.2) is 30.5 Å². The number of benzene rings is 1. The summed E-state index contributed by atoms with van der Waals surface area (Å²) in [6.07, 6.45) is 0.934. The summed E-state index contributed by atoms with van der Waals surface area (Å²) in [5, 5.41) is 22.6. The zero-order chi connectivity index (χ0) is 17.0. The van der Waals surface area contributed by atoms with Gasteiger partial charge in [0.15, 0.2) is 23.1 Å². The molecule has 0 saturated carbocycles. The van der Waals surface area contributed by atoms with E-state index in [9.17, 15) is 20.0 Å². The highest BCUT2D eigenvalue weighted by molar-refractivity contribution is 6.04. The molecule has 0 unspecified atom stereocenters. The number of carbonyl (C=O) groups excluding carboxylic acids is 1. The number of anilines is 1. The number of amides is 1. The molecule has 0 atom stereocenters. The zero-order valence-electron chi connectivity index (χ0n) is 12.3. The van der Waals surface area contributed by atoms with E-state index in [4.69, 9.17) is 9.47 Å². The fourth-order valence-corrected chi connectivity index (χ4v) is 1.80. The first kappa shape index (κ1) is 16.0. The minimum Gasteiger partial charge on any atom is -0.504 e. The number of nitrogens with one attached hydrogen (secondary N) is 1. The Hall–Kier alpha value is -3.36. The van der Waals surface area contributed by atoms with Crippen LogP contribution in [0.2, 0.25) is 0 Å². The lowest BCUT2D eigenvalue weighted by atomic mass is 10.2. The van der Waals surface area contributed by atoms with Crippen molar-refractivity contribution in [1.82, 2.24) is 4.98 Å². The summed E-state index contributed by atoms with van der Waals surface area (Å²) < 4.78 is 10.2. The van der Waals surface area contributed by atoms with Crippen LogP contribution in [0.5, 0.6) is 17.2 Å². The molecule has 0 saturated heterocycles. The molecule has 2 N–H and O–H groups in total. The van der Waals surface area contributed by atoms with Gasteiger partial charge in [-0.3, -0.25) is 14.9 Å². The van der Waals surface area contributed by atoms with Gasteiger partial charge in [0.2, 0.25) is 0 Å². The number of aromatic nitrogens is 1. The molecular formula is C14H13N3O6. The number of hydrogen-bond acceptors (Lipinski definition) is 7. The fraction of sp³-hybridized carbons (Fsp3) is 0.143. The lowest BCUT2D eigenvalue weighted by Crippen LogP contribution is -2.13. The van der Waals surface area contributed by atoms with Crippen molar-refractivity contribution in [2.75, 3.05) is 19.5 Å². The quantitative estimate of drug-likeness (QED) is 0.637. The van der Waals surface area contributed by atoms with Crippen molar-refractivity contribution >= 4 is 17.4 Å². The van der Waals surface area contributed by atoms with Crippen LogP contribution in [-0.4, -0.2) is 35.1 Å². The maximum Gasteiger partial charge on any atom is 0.291 e. The van der Waals surface area contributed by atoms with Crippen molar-refractivity contribution in [1.29, 1.82) is 0 Å². The van der Waals surface area contributed by atoms with Crippen molar-refractivity contribution in [2.45, 2.75) is 0 Å². The number of carbonyl (C=O) groups is 1. The number of pyridine rings is 1. The second kappa shape index (κ2) is 6.60. The highest BCUT2D eigenvalue weighted by atomic mass is 16.6. The summed E-state index contributed by atoms with van der Waals surface area (Å²) in [7, 11) is 2.90. The molecule has 0 aliphatic heterocycles. The van der Waals surface area contributed by atoms with Gasteiger partial charge in [0.05, 0.1) is 25.2 Å². The maximum absolute atomic E-state index is 12.2. The van der Waals surface area contributed by atoms with E-state index in [0.29, 0.717) is 11.5 Å². The molecule has 2 rings (SSSR count). The number of ether oxygens (including phenoxy) is 2. The predicted octanol–water partition coefficient (Wildman–Crippen LogP) is 1.96. The van der Waals surface area contributed by atoms with Gasteiger partial charge in [0.1, 0.15) is 6.20 Å². The van der Waals surface area contributed by atoms with Crippen molar-refractivity contribution in [3.63, 3.8) is 0 Å². The minimum absolute atomic E-state index is 0.185. The molecule has 0 aliphatic rings. The van der Waals surface area contributed by atoms with Crippen LogP contribution in [0.1, 0.15) is 10.4 Å². The lowest BCUT2D eigenvalue weighted by molar-refractivity contribution is -0.385. The molecule has 1 heterocycles. The first-order valence-corrected chi connectivity index (χ1v) is 6.33. The molecule has 0 bridgehead atoms. The molecule has 23 heavy (non-hydrogen) atoms. The number of nitro groups is 1. The molecule has 1 amide bonds. The van der Waals surface area contributed by atoms with E-state index in [0.717, 1.165) is 12.3 Å². The van der Waals surface area contributed by atoms with Gasteiger partial charge >= 0.3 is 0 Å². The standard InChI is InChI=1S/C14H13N3O6/c1-22-11-4-3-8(5-12(11)23-2)14(19)16-13-10(18)6-9(7-15-13)17(20)21/h3-7,18H,1-2H3,(H,15,16,19). The summed E-state index contributed by atoms with van der Waals surface area (Å²) in [5.41, 5.74) is -0.145. The van der Waals surface area contributed by atoms with Crippen molar-refractivity contribution in [3.05, 3.63) is 46.1 Å². The van der Waals surface area contributed by atoms with Crippen molar-refractivity contribution in [2.24, 2.45) is 0 Å². The molecule has 1 aromatic heterocycles. The first-order chi connectivity index (χ1) is 11.0. The van der Waals surface area contributed by atoms with E-state index < -0.39 is 16.6 Å². The molecule has 0 spiro atoms. The van der Waals surface area contributed by atoms with Gasteiger partial charge < -0.3 is 19.9 Å². The molecule has 9 heteroatoms. The number of aromatic hydroxyl groups is 1. The smallest absolute Gasteiger partial charge is 0.291 e. The Labute approximate surface area is 130 Å². The third-order valence-corrected chi connectivity index (χ3v) is 2.94. The average Bonchev–Trinajstić information content (AvgIpc) is 2.55. The molecule has 9 nitrogen and oxygen atoms in total. The van der Waals surface area contributed by atoms with Gasteiger partial charge in [0.25, 0.3) is 11.6 Å². The van der Waals surface area contributed by atoms with Gasteiger partial charge in [-0.05, 0) is 18.2 Å². The predicted molar refractivity (Wildman–Crippen MR) is 80.1 cm³/mol. The highest BCUT2D eigenvalue weighted by Crippen LogP contribution is 2.29. The average molecular weight is 319 g/mol. The topological polar surface area (TPSA) is 124 Å². The fourth-order valence-electron chi connectivity index (χ4n) is 1.80. The van der Waals surface area contributed by atoms with Gasteiger partial charge in [0, 0.05) is 5.56 Å². The first-order valence-electron chi connectivity index (χ1n) is 6.33. The van der Waals surface area contributed by atoms with E-state index >= 15 is 0 Å². The van der Waals surface area contributed by atoms with Crippen LogP contribution in [-0.2, 0) is 0 Å². The molecule has 0 radical (unpaired) electrons. The molecule has 0 aliphatic carbocycles. The van der Waals surface area contributed by atoms with Crippen LogP contribution >= 0.6 is 0 Å². The Balaban J connectivity index is 2.24. The molecule has 0 fully saturated rings. The second-order valence-electron chi connectivity index (χ2n) is 4.34. The van der Waals surface area contributed by atoms with Gasteiger partial charge in [-0.2, -0.15) is 0 Å². The number of hydrogen-bond donors (Lipinski definition) is 2. The summed E-state index contributed by atoms with van der Waals surface area (Å²) in [6.45, 7) is 0. The summed E-state index contributed by atoms with van der Waals surface area (Å²) >= 11 is 0. The van der Waals surface area contributed by atoms with E-state index in [2.05, 4.69) is 10.3 Å². The van der Waals surface area contributed by atoms with Gasteiger partial charge in [-0.25, -0.2) is 4.98 Å². The largest absolute Gasteiger partial charge is 0.504 e. The number of rotatable bonds is 5. The monoisotopic (exact) mass is 319 g/mol. The summed E-state index contributed by atoms with van der Waals surface area (Å²) in [5.74, 6) is -0.438. The molecule has 120 valence electrons. The van der Waals surface area contributed by atoms with Crippen LogP contribution in [0.25, 0.3) is 0 Å². The van der Waals surface area contributed by atoms with Crippen LogP contribution in [0.4, 0.5) is 11.5 Å². The van der Waals surface area contributed by atoms with Crippen LogP contribution in [0, 0.1) is 10.1 Å². The third-order valence-electron chi connectivity index (χ3n) is 2.94. The van der Waals surface area contributed by atoms with Gasteiger partial charge in [-0.15, -0.1) is 0 Å². The van der Waals surface area contributed by atoms with E-state index in [1.165, 1.54) is 26.4 Å². The number of nitrogens with zero attached hydrogens (tertiary/aromatic N) is 2. The third kappa shape index (κ3) is 3.46. The summed E-state index contributed by atoms with van der Waals surface area (Å²) in [6, 6.07) is 5.41. The van der Waals surface area contributed by atoms with E-state index in [1.807, 2.05) is 0 Å². The lowest BCUT2D eigenvalue weighted by Gasteiger charge is -2.10. The molecule has 2 aromatic rings. The van der Waals surface area contributed by atoms with Crippen LogP contribution in [0.3, 0.4) is 0 Å². The highest BCUT2D eigenvalue weighted by Gasteiger charge is 2.16. The van der Waals surface area contributed by atoms with E-state index in [1.54, 1.807) is 6.07 Å². The normalized spacial score (nSPS) is 10.0.